The molecule has 0 aliphatic carbocycles. The SMILES string of the molecule is COCNCC(C)(C)c1ccc(Cl)cc1Cl. The molecular weight excluding hydrogens is 245 g/mol. The monoisotopic (exact) mass is 261 g/mol. The van der Waals surface area contributed by atoms with Gasteiger partial charge in [0.2, 0.25) is 0 Å². The van der Waals surface area contributed by atoms with E-state index in [9.17, 15) is 0 Å². The van der Waals surface area contributed by atoms with E-state index in [2.05, 4.69) is 19.2 Å². The van der Waals surface area contributed by atoms with E-state index in [1.165, 1.54) is 0 Å². The second-order valence-electron chi connectivity index (χ2n) is 4.37. The molecule has 2 nitrogen and oxygen atoms in total. The van der Waals surface area contributed by atoms with Gasteiger partial charge in [0, 0.05) is 29.1 Å². The van der Waals surface area contributed by atoms with Gasteiger partial charge in [0.25, 0.3) is 0 Å². The van der Waals surface area contributed by atoms with Gasteiger partial charge in [0.05, 0.1) is 6.73 Å². The first-order valence-corrected chi connectivity index (χ1v) is 5.88. The Morgan fingerprint density at radius 1 is 1.31 bits per heavy atom. The Morgan fingerprint density at radius 3 is 2.56 bits per heavy atom. The second kappa shape index (κ2) is 5.87. The third kappa shape index (κ3) is 3.63. The minimum Gasteiger partial charge on any atom is -0.370 e. The van der Waals surface area contributed by atoms with E-state index < -0.39 is 0 Å². The molecule has 1 aromatic rings. The Kier molecular flexibility index (Phi) is 5.06. The molecule has 0 saturated heterocycles. The number of hydrogen-bond acceptors (Lipinski definition) is 2. The summed E-state index contributed by atoms with van der Waals surface area (Å²) in [6.07, 6.45) is 0. The lowest BCUT2D eigenvalue weighted by Crippen LogP contribution is -2.34. The van der Waals surface area contributed by atoms with Crippen molar-refractivity contribution < 1.29 is 4.74 Å². The van der Waals surface area contributed by atoms with Gasteiger partial charge in [-0.1, -0.05) is 43.1 Å². The summed E-state index contributed by atoms with van der Waals surface area (Å²) in [5, 5.41) is 4.57. The van der Waals surface area contributed by atoms with Gasteiger partial charge < -0.3 is 4.74 Å². The van der Waals surface area contributed by atoms with Crippen LogP contribution in [0.4, 0.5) is 0 Å². The number of hydrogen-bond donors (Lipinski definition) is 1. The molecule has 0 amide bonds. The quantitative estimate of drug-likeness (QED) is 0.648. The molecule has 1 N–H and O–H groups in total. The Morgan fingerprint density at radius 2 is 2.00 bits per heavy atom. The first-order valence-electron chi connectivity index (χ1n) is 5.12. The molecule has 0 bridgehead atoms. The summed E-state index contributed by atoms with van der Waals surface area (Å²) in [7, 11) is 1.66. The summed E-state index contributed by atoms with van der Waals surface area (Å²) >= 11 is 12.1. The average Bonchev–Trinajstić information content (AvgIpc) is 2.17. The summed E-state index contributed by atoms with van der Waals surface area (Å²) in [6.45, 7) is 5.59. The van der Waals surface area contributed by atoms with Crippen molar-refractivity contribution in [2.45, 2.75) is 19.3 Å². The Balaban J connectivity index is 2.80. The van der Waals surface area contributed by atoms with Crippen molar-refractivity contribution in [3.05, 3.63) is 33.8 Å². The maximum atomic E-state index is 6.18. The van der Waals surface area contributed by atoms with Crippen LogP contribution in [0.2, 0.25) is 10.0 Å². The summed E-state index contributed by atoms with van der Waals surface area (Å²) in [6, 6.07) is 5.61. The van der Waals surface area contributed by atoms with Gasteiger partial charge in [-0.3, -0.25) is 5.32 Å². The van der Waals surface area contributed by atoms with Crippen LogP contribution in [0.1, 0.15) is 19.4 Å². The number of halogens is 2. The molecule has 90 valence electrons. The van der Waals surface area contributed by atoms with Gasteiger partial charge in [-0.25, -0.2) is 0 Å². The summed E-state index contributed by atoms with van der Waals surface area (Å²) < 4.78 is 4.96. The molecule has 0 spiro atoms. The lowest BCUT2D eigenvalue weighted by molar-refractivity contribution is 0.169. The number of methoxy groups -OCH3 is 1. The molecule has 16 heavy (non-hydrogen) atoms. The standard InChI is InChI=1S/C12H17Cl2NO/c1-12(2,7-15-8-16-3)10-5-4-9(13)6-11(10)14/h4-6,15H,7-8H2,1-3H3. The summed E-state index contributed by atoms with van der Waals surface area (Å²) in [4.78, 5) is 0. The van der Waals surface area contributed by atoms with Crippen LogP contribution in [-0.4, -0.2) is 20.4 Å². The summed E-state index contributed by atoms with van der Waals surface area (Å²) in [5.74, 6) is 0. The van der Waals surface area contributed by atoms with Crippen molar-refractivity contribution in [2.75, 3.05) is 20.4 Å². The van der Waals surface area contributed by atoms with Crippen LogP contribution in [0.5, 0.6) is 0 Å². The Hall–Kier alpha value is -0.280. The van der Waals surface area contributed by atoms with Crippen LogP contribution in [0.3, 0.4) is 0 Å². The van der Waals surface area contributed by atoms with Gasteiger partial charge >= 0.3 is 0 Å². The largest absolute Gasteiger partial charge is 0.370 e. The van der Waals surface area contributed by atoms with E-state index in [-0.39, 0.29) is 5.41 Å². The number of nitrogens with one attached hydrogen (secondary N) is 1. The van der Waals surface area contributed by atoms with E-state index in [1.807, 2.05) is 12.1 Å². The Bertz CT molecular complexity index is 353. The van der Waals surface area contributed by atoms with Gasteiger partial charge in [0.15, 0.2) is 0 Å². The highest BCUT2D eigenvalue weighted by Crippen LogP contribution is 2.31. The van der Waals surface area contributed by atoms with Gasteiger partial charge in [-0.05, 0) is 17.7 Å². The van der Waals surface area contributed by atoms with Crippen LogP contribution in [0, 0.1) is 0 Å². The van der Waals surface area contributed by atoms with E-state index >= 15 is 0 Å². The molecular formula is C12H17Cl2NO. The van der Waals surface area contributed by atoms with Crippen molar-refractivity contribution in [3.63, 3.8) is 0 Å². The molecule has 0 aromatic heterocycles. The zero-order valence-electron chi connectivity index (χ0n) is 9.81. The molecule has 0 saturated carbocycles. The lowest BCUT2D eigenvalue weighted by atomic mass is 9.84. The molecule has 1 aromatic carbocycles. The second-order valence-corrected chi connectivity index (χ2v) is 5.21. The number of benzene rings is 1. The van der Waals surface area contributed by atoms with Crippen LogP contribution in [-0.2, 0) is 10.2 Å². The minimum atomic E-state index is -0.0554. The van der Waals surface area contributed by atoms with E-state index in [0.717, 1.165) is 12.1 Å². The molecule has 1 rings (SSSR count). The van der Waals surface area contributed by atoms with Crippen molar-refractivity contribution >= 4 is 23.2 Å². The fourth-order valence-corrected chi connectivity index (χ4v) is 2.26. The minimum absolute atomic E-state index is 0.0554. The lowest BCUT2D eigenvalue weighted by Gasteiger charge is -2.26. The predicted molar refractivity (Wildman–Crippen MR) is 69.4 cm³/mol. The normalized spacial score (nSPS) is 11.8. The van der Waals surface area contributed by atoms with Crippen LogP contribution in [0.25, 0.3) is 0 Å². The average molecular weight is 262 g/mol. The zero-order valence-corrected chi connectivity index (χ0v) is 11.3. The van der Waals surface area contributed by atoms with Gasteiger partial charge in [-0.2, -0.15) is 0 Å². The van der Waals surface area contributed by atoms with E-state index in [1.54, 1.807) is 13.2 Å². The molecule has 0 aliphatic heterocycles. The zero-order chi connectivity index (χ0) is 12.2. The van der Waals surface area contributed by atoms with Gasteiger partial charge in [-0.15, -0.1) is 0 Å². The first-order chi connectivity index (χ1) is 7.47. The van der Waals surface area contributed by atoms with Crippen LogP contribution < -0.4 is 5.32 Å². The predicted octanol–water partition coefficient (Wildman–Crippen LogP) is 3.46. The van der Waals surface area contributed by atoms with E-state index in [4.69, 9.17) is 27.9 Å². The number of rotatable bonds is 5. The van der Waals surface area contributed by atoms with Crippen LogP contribution >= 0.6 is 23.2 Å². The Labute approximate surface area is 107 Å². The van der Waals surface area contributed by atoms with Crippen molar-refractivity contribution in [3.8, 4) is 0 Å². The van der Waals surface area contributed by atoms with Crippen molar-refractivity contribution in [1.29, 1.82) is 0 Å². The first kappa shape index (κ1) is 13.8. The molecule has 0 radical (unpaired) electrons. The maximum absolute atomic E-state index is 6.18. The number of ether oxygens (including phenoxy) is 1. The summed E-state index contributed by atoms with van der Waals surface area (Å²) in [5.41, 5.74) is 1.03. The maximum Gasteiger partial charge on any atom is 0.0961 e. The van der Waals surface area contributed by atoms with E-state index in [0.29, 0.717) is 16.8 Å². The highest BCUT2D eigenvalue weighted by Gasteiger charge is 2.22. The highest BCUT2D eigenvalue weighted by molar-refractivity contribution is 6.35. The smallest absolute Gasteiger partial charge is 0.0961 e. The molecule has 0 heterocycles. The highest BCUT2D eigenvalue weighted by atomic mass is 35.5. The van der Waals surface area contributed by atoms with Crippen molar-refractivity contribution in [2.24, 2.45) is 0 Å². The topological polar surface area (TPSA) is 21.3 Å². The van der Waals surface area contributed by atoms with Gasteiger partial charge in [0.1, 0.15) is 0 Å². The molecule has 0 unspecified atom stereocenters. The molecule has 0 atom stereocenters. The fourth-order valence-electron chi connectivity index (χ4n) is 1.60. The van der Waals surface area contributed by atoms with Crippen molar-refractivity contribution in [1.82, 2.24) is 5.32 Å². The molecule has 0 fully saturated rings. The third-order valence-electron chi connectivity index (χ3n) is 2.47. The third-order valence-corrected chi connectivity index (χ3v) is 3.02. The molecule has 0 aliphatic rings. The molecule has 4 heteroatoms. The van der Waals surface area contributed by atoms with Crippen LogP contribution in [0.15, 0.2) is 18.2 Å². The fraction of sp³-hybridized carbons (Fsp3) is 0.500.